The molecule has 116 valence electrons. The van der Waals surface area contributed by atoms with E-state index in [1.54, 1.807) is 6.20 Å². The molecule has 0 aliphatic carbocycles. The molecule has 1 unspecified atom stereocenters. The summed E-state index contributed by atoms with van der Waals surface area (Å²) < 4.78 is 12.0. The van der Waals surface area contributed by atoms with Crippen LogP contribution in [0.3, 0.4) is 0 Å². The summed E-state index contributed by atoms with van der Waals surface area (Å²) >= 11 is 0. The van der Waals surface area contributed by atoms with E-state index >= 15 is 0 Å². The highest BCUT2D eigenvalue weighted by atomic mass is 16.5. The Bertz CT molecular complexity index is 608. The first-order valence-corrected chi connectivity index (χ1v) is 7.82. The number of rotatable bonds is 5. The minimum atomic E-state index is 0.103. The van der Waals surface area contributed by atoms with Crippen LogP contribution in [-0.2, 0) is 0 Å². The van der Waals surface area contributed by atoms with Gasteiger partial charge in [-0.1, -0.05) is 6.07 Å². The molecule has 1 N–H and O–H groups in total. The molecule has 1 aliphatic rings. The molecule has 4 nitrogen and oxygen atoms in total. The highest BCUT2D eigenvalue weighted by Gasteiger charge is 2.17. The van der Waals surface area contributed by atoms with Gasteiger partial charge in [0.25, 0.3) is 0 Å². The molecule has 0 spiro atoms. The molecular formula is C18H22N2O2. The van der Waals surface area contributed by atoms with Crippen LogP contribution in [-0.4, -0.2) is 30.3 Å². The number of hydrogen-bond donors (Lipinski definition) is 1. The van der Waals surface area contributed by atoms with Crippen molar-refractivity contribution in [1.29, 1.82) is 0 Å². The minimum absolute atomic E-state index is 0.103. The zero-order valence-electron chi connectivity index (χ0n) is 13.1. The molecule has 0 saturated carbocycles. The van der Waals surface area contributed by atoms with Crippen LogP contribution in [0.2, 0.25) is 0 Å². The van der Waals surface area contributed by atoms with Gasteiger partial charge in [0, 0.05) is 24.4 Å². The Morgan fingerprint density at radius 3 is 2.82 bits per heavy atom. The van der Waals surface area contributed by atoms with Crippen LogP contribution < -0.4 is 14.8 Å². The number of nitrogens with zero attached hydrogens (tertiary/aromatic N) is 1. The SMILES string of the molecule is CC(C)Oc1cc(OC2CCNC2)ccc1-c1ccccn1. The second-order valence-corrected chi connectivity index (χ2v) is 5.77. The highest BCUT2D eigenvalue weighted by molar-refractivity contribution is 5.68. The van der Waals surface area contributed by atoms with E-state index in [1.807, 2.05) is 50.2 Å². The monoisotopic (exact) mass is 298 g/mol. The van der Waals surface area contributed by atoms with Gasteiger partial charge in [0.05, 0.1) is 11.8 Å². The second kappa shape index (κ2) is 6.79. The van der Waals surface area contributed by atoms with E-state index in [2.05, 4.69) is 10.3 Å². The molecule has 0 amide bonds. The third-order valence-corrected chi connectivity index (χ3v) is 3.57. The molecule has 1 fully saturated rings. The molecule has 0 bridgehead atoms. The quantitative estimate of drug-likeness (QED) is 0.920. The summed E-state index contributed by atoms with van der Waals surface area (Å²) in [4.78, 5) is 4.42. The number of hydrogen-bond acceptors (Lipinski definition) is 4. The fourth-order valence-electron chi connectivity index (χ4n) is 2.58. The molecule has 0 radical (unpaired) electrons. The van der Waals surface area contributed by atoms with Crippen molar-refractivity contribution < 1.29 is 9.47 Å². The maximum atomic E-state index is 6.03. The molecule has 1 saturated heterocycles. The van der Waals surface area contributed by atoms with Gasteiger partial charge >= 0.3 is 0 Å². The number of nitrogens with one attached hydrogen (secondary N) is 1. The summed E-state index contributed by atoms with van der Waals surface area (Å²) in [7, 11) is 0. The third kappa shape index (κ3) is 3.57. The van der Waals surface area contributed by atoms with E-state index in [1.165, 1.54) is 0 Å². The summed E-state index contributed by atoms with van der Waals surface area (Å²) in [6.07, 6.45) is 3.18. The Morgan fingerprint density at radius 2 is 2.14 bits per heavy atom. The molecule has 2 aromatic rings. The highest BCUT2D eigenvalue weighted by Crippen LogP contribution is 2.33. The Kier molecular flexibility index (Phi) is 4.59. The maximum Gasteiger partial charge on any atom is 0.132 e. The molecule has 1 aromatic carbocycles. The summed E-state index contributed by atoms with van der Waals surface area (Å²) in [5, 5.41) is 3.31. The Hall–Kier alpha value is -2.07. The van der Waals surface area contributed by atoms with Crippen LogP contribution in [0.5, 0.6) is 11.5 Å². The third-order valence-electron chi connectivity index (χ3n) is 3.57. The van der Waals surface area contributed by atoms with Crippen LogP contribution in [0.4, 0.5) is 0 Å². The lowest BCUT2D eigenvalue weighted by Gasteiger charge is -2.17. The zero-order chi connectivity index (χ0) is 15.4. The van der Waals surface area contributed by atoms with Crippen molar-refractivity contribution in [2.24, 2.45) is 0 Å². The van der Waals surface area contributed by atoms with Gasteiger partial charge in [-0.2, -0.15) is 0 Å². The summed E-state index contributed by atoms with van der Waals surface area (Å²) in [5.74, 6) is 1.67. The largest absolute Gasteiger partial charge is 0.490 e. The Balaban J connectivity index is 1.89. The van der Waals surface area contributed by atoms with Crippen molar-refractivity contribution >= 4 is 0 Å². The van der Waals surface area contributed by atoms with E-state index in [-0.39, 0.29) is 12.2 Å². The normalized spacial score (nSPS) is 17.7. The van der Waals surface area contributed by atoms with Gasteiger partial charge in [0.2, 0.25) is 0 Å². The van der Waals surface area contributed by atoms with Crippen molar-refractivity contribution in [1.82, 2.24) is 10.3 Å². The van der Waals surface area contributed by atoms with E-state index in [0.29, 0.717) is 0 Å². The van der Waals surface area contributed by atoms with Crippen LogP contribution in [0, 0.1) is 0 Å². The van der Waals surface area contributed by atoms with Crippen LogP contribution in [0.1, 0.15) is 20.3 Å². The lowest BCUT2D eigenvalue weighted by atomic mass is 10.1. The summed E-state index contributed by atoms with van der Waals surface area (Å²) in [6.45, 7) is 5.97. The fourth-order valence-corrected chi connectivity index (χ4v) is 2.58. The van der Waals surface area contributed by atoms with Crippen molar-refractivity contribution in [2.75, 3.05) is 13.1 Å². The van der Waals surface area contributed by atoms with Gasteiger partial charge in [-0.05, 0) is 51.1 Å². The van der Waals surface area contributed by atoms with Gasteiger partial charge in [-0.3, -0.25) is 4.98 Å². The van der Waals surface area contributed by atoms with Crippen LogP contribution in [0.25, 0.3) is 11.3 Å². The zero-order valence-corrected chi connectivity index (χ0v) is 13.1. The van der Waals surface area contributed by atoms with E-state index in [4.69, 9.17) is 9.47 Å². The maximum absolute atomic E-state index is 6.03. The van der Waals surface area contributed by atoms with Gasteiger partial charge in [0.1, 0.15) is 17.6 Å². The lowest BCUT2D eigenvalue weighted by Crippen LogP contribution is -2.19. The molecule has 1 aliphatic heterocycles. The average molecular weight is 298 g/mol. The topological polar surface area (TPSA) is 43.4 Å². The van der Waals surface area contributed by atoms with Crippen molar-refractivity contribution in [2.45, 2.75) is 32.5 Å². The number of ether oxygens (including phenoxy) is 2. The first-order valence-electron chi connectivity index (χ1n) is 7.82. The van der Waals surface area contributed by atoms with Crippen molar-refractivity contribution in [3.05, 3.63) is 42.6 Å². The Morgan fingerprint density at radius 1 is 1.23 bits per heavy atom. The molecule has 1 atom stereocenters. The summed E-state index contributed by atoms with van der Waals surface area (Å²) in [5.41, 5.74) is 1.90. The van der Waals surface area contributed by atoms with E-state index in [0.717, 1.165) is 42.3 Å². The average Bonchev–Trinajstić information content (AvgIpc) is 3.01. The molecule has 4 heteroatoms. The van der Waals surface area contributed by atoms with Crippen LogP contribution in [0.15, 0.2) is 42.6 Å². The van der Waals surface area contributed by atoms with Crippen molar-refractivity contribution in [3.63, 3.8) is 0 Å². The van der Waals surface area contributed by atoms with Gasteiger partial charge in [0.15, 0.2) is 0 Å². The first kappa shape index (κ1) is 14.9. The molecule has 1 aromatic heterocycles. The Labute approximate surface area is 131 Å². The first-order chi connectivity index (χ1) is 10.7. The van der Waals surface area contributed by atoms with Crippen LogP contribution >= 0.6 is 0 Å². The van der Waals surface area contributed by atoms with E-state index in [9.17, 15) is 0 Å². The number of aromatic nitrogens is 1. The molecule has 22 heavy (non-hydrogen) atoms. The molecule has 2 heterocycles. The van der Waals surface area contributed by atoms with Gasteiger partial charge < -0.3 is 14.8 Å². The predicted octanol–water partition coefficient (Wildman–Crippen LogP) is 3.28. The number of benzene rings is 1. The van der Waals surface area contributed by atoms with Gasteiger partial charge in [-0.15, -0.1) is 0 Å². The van der Waals surface area contributed by atoms with Crippen molar-refractivity contribution in [3.8, 4) is 22.8 Å². The van der Waals surface area contributed by atoms with Gasteiger partial charge in [-0.25, -0.2) is 0 Å². The summed E-state index contributed by atoms with van der Waals surface area (Å²) in [6, 6.07) is 11.9. The molecule has 3 rings (SSSR count). The smallest absolute Gasteiger partial charge is 0.132 e. The second-order valence-electron chi connectivity index (χ2n) is 5.77. The minimum Gasteiger partial charge on any atom is -0.490 e. The fraction of sp³-hybridized carbons (Fsp3) is 0.389. The molecular weight excluding hydrogens is 276 g/mol. The number of pyridine rings is 1. The lowest BCUT2D eigenvalue weighted by molar-refractivity contribution is 0.217. The van der Waals surface area contributed by atoms with E-state index < -0.39 is 0 Å². The predicted molar refractivity (Wildman–Crippen MR) is 87.3 cm³/mol. The standard InChI is InChI=1S/C18H22N2O2/c1-13(2)21-18-11-14(22-15-8-10-19-12-15)6-7-16(18)17-5-3-4-9-20-17/h3-7,9,11,13,15,19H,8,10,12H2,1-2H3.